The van der Waals surface area contributed by atoms with E-state index >= 15 is 0 Å². The Morgan fingerprint density at radius 1 is 1.62 bits per heavy atom. The van der Waals surface area contributed by atoms with Gasteiger partial charge in [-0.1, -0.05) is 0 Å². The Kier molecular flexibility index (Phi) is 3.25. The second kappa shape index (κ2) is 4.23. The molecule has 74 valence electrons. The van der Waals surface area contributed by atoms with E-state index in [2.05, 4.69) is 5.32 Å². The number of ether oxygens (including phenoxy) is 1. The molecule has 1 rings (SSSR count). The third kappa shape index (κ3) is 2.42. The maximum absolute atomic E-state index is 11.2. The minimum Gasteiger partial charge on any atom is -0.466 e. The van der Waals surface area contributed by atoms with Crippen molar-refractivity contribution in [3.63, 3.8) is 0 Å². The summed E-state index contributed by atoms with van der Waals surface area (Å²) in [5.74, 6) is -0.886. The smallest absolute Gasteiger partial charge is 0.310 e. The van der Waals surface area contributed by atoms with Crippen LogP contribution in [0.3, 0.4) is 0 Å². The number of hydrogen-bond acceptors (Lipinski definition) is 4. The molecule has 0 radical (unpaired) electrons. The summed E-state index contributed by atoms with van der Waals surface area (Å²) in [7, 11) is 0. The van der Waals surface area contributed by atoms with Gasteiger partial charge in [-0.15, -0.1) is 0 Å². The molecule has 13 heavy (non-hydrogen) atoms. The summed E-state index contributed by atoms with van der Waals surface area (Å²) in [6, 6.07) is -0.380. The van der Waals surface area contributed by atoms with Gasteiger partial charge in [0.05, 0.1) is 18.6 Å². The van der Waals surface area contributed by atoms with E-state index < -0.39 is 5.91 Å². The summed E-state index contributed by atoms with van der Waals surface area (Å²) in [5.41, 5.74) is 5.08. The maximum atomic E-state index is 11.2. The van der Waals surface area contributed by atoms with Crippen LogP contribution >= 0.6 is 0 Å². The minimum atomic E-state index is -0.410. The highest BCUT2D eigenvalue weighted by Crippen LogP contribution is 2.15. The van der Waals surface area contributed by atoms with Crippen LogP contribution in [0.15, 0.2) is 0 Å². The quantitative estimate of drug-likeness (QED) is 0.555. The van der Waals surface area contributed by atoms with Crippen molar-refractivity contribution in [2.45, 2.75) is 19.4 Å². The van der Waals surface area contributed by atoms with Crippen molar-refractivity contribution in [3.05, 3.63) is 0 Å². The van der Waals surface area contributed by atoms with E-state index in [0.29, 0.717) is 19.6 Å². The van der Waals surface area contributed by atoms with Crippen LogP contribution in [0.25, 0.3) is 0 Å². The average molecular weight is 186 g/mol. The molecular weight excluding hydrogens is 172 g/mol. The summed E-state index contributed by atoms with van der Waals surface area (Å²) in [6.07, 6.45) is 0.453. The molecule has 0 saturated carbocycles. The van der Waals surface area contributed by atoms with Gasteiger partial charge in [-0.2, -0.15) is 0 Å². The topological polar surface area (TPSA) is 81.4 Å². The molecule has 5 heteroatoms. The van der Waals surface area contributed by atoms with Crippen LogP contribution < -0.4 is 11.1 Å². The third-order valence-corrected chi connectivity index (χ3v) is 2.09. The molecule has 0 spiro atoms. The lowest BCUT2D eigenvalue weighted by molar-refractivity contribution is -0.147. The Bertz CT molecular complexity index is 217. The Labute approximate surface area is 76.6 Å². The maximum Gasteiger partial charge on any atom is 0.310 e. The van der Waals surface area contributed by atoms with Crippen molar-refractivity contribution in [2.75, 3.05) is 13.2 Å². The Balaban J connectivity index is 2.40. The Hall–Kier alpha value is -1.10. The fourth-order valence-corrected chi connectivity index (χ4v) is 1.39. The van der Waals surface area contributed by atoms with Gasteiger partial charge in [0.15, 0.2) is 0 Å². The first kappa shape index (κ1) is 9.98. The highest BCUT2D eigenvalue weighted by Gasteiger charge is 2.33. The van der Waals surface area contributed by atoms with Crippen LogP contribution in [0.4, 0.5) is 0 Å². The zero-order valence-electron chi connectivity index (χ0n) is 7.58. The largest absolute Gasteiger partial charge is 0.466 e. The number of hydrogen-bond donors (Lipinski definition) is 2. The summed E-state index contributed by atoms with van der Waals surface area (Å²) in [6.45, 7) is 2.61. The monoisotopic (exact) mass is 186 g/mol. The molecule has 0 bridgehead atoms. The number of amides is 1. The van der Waals surface area contributed by atoms with Gasteiger partial charge >= 0.3 is 5.97 Å². The van der Waals surface area contributed by atoms with E-state index in [1.54, 1.807) is 6.92 Å². The van der Waals surface area contributed by atoms with Gasteiger partial charge in [0, 0.05) is 6.54 Å². The molecule has 1 heterocycles. The van der Waals surface area contributed by atoms with E-state index in [1.165, 1.54) is 0 Å². The van der Waals surface area contributed by atoms with Gasteiger partial charge in [0.2, 0.25) is 5.91 Å². The number of rotatable bonds is 3. The van der Waals surface area contributed by atoms with Gasteiger partial charge in [0.1, 0.15) is 0 Å². The number of esters is 1. The molecule has 0 unspecified atom stereocenters. The molecule has 0 aliphatic carbocycles. The molecule has 1 saturated heterocycles. The van der Waals surface area contributed by atoms with Crippen LogP contribution in [0.1, 0.15) is 13.3 Å². The Morgan fingerprint density at radius 3 is 2.77 bits per heavy atom. The number of carbonyl (C=O) groups excluding carboxylic acids is 2. The fraction of sp³-hybridized carbons (Fsp3) is 0.750. The molecule has 0 aromatic carbocycles. The first-order valence-electron chi connectivity index (χ1n) is 4.34. The van der Waals surface area contributed by atoms with Gasteiger partial charge < -0.3 is 15.8 Å². The molecule has 0 aromatic rings. The third-order valence-electron chi connectivity index (χ3n) is 2.09. The first-order chi connectivity index (χ1) is 6.15. The Morgan fingerprint density at radius 2 is 2.31 bits per heavy atom. The van der Waals surface area contributed by atoms with Crippen molar-refractivity contribution >= 4 is 11.9 Å². The lowest BCUT2D eigenvalue weighted by Crippen LogP contribution is -2.36. The normalized spacial score (nSPS) is 27.2. The molecule has 3 N–H and O–H groups in total. The standard InChI is InChI=1S/C8H14N2O3/c1-2-13-8(12)5-3-6(7(9)11)10-4-5/h5-6,10H,2-4H2,1H3,(H2,9,11)/t5-,6+/m1/s1. The van der Waals surface area contributed by atoms with Crippen molar-refractivity contribution in [2.24, 2.45) is 11.7 Å². The van der Waals surface area contributed by atoms with Gasteiger partial charge in [-0.3, -0.25) is 9.59 Å². The summed E-state index contributed by atoms with van der Waals surface area (Å²) in [5, 5.41) is 2.87. The molecule has 1 aliphatic rings. The predicted molar refractivity (Wildman–Crippen MR) is 45.7 cm³/mol. The van der Waals surface area contributed by atoms with E-state index in [4.69, 9.17) is 10.5 Å². The zero-order chi connectivity index (χ0) is 9.84. The molecule has 0 aromatic heterocycles. The zero-order valence-corrected chi connectivity index (χ0v) is 7.58. The lowest BCUT2D eigenvalue weighted by atomic mass is 10.1. The molecule has 1 fully saturated rings. The molecule has 5 nitrogen and oxygen atoms in total. The van der Waals surface area contributed by atoms with E-state index in [0.717, 1.165) is 0 Å². The van der Waals surface area contributed by atoms with Crippen LogP contribution in [0, 0.1) is 5.92 Å². The summed E-state index contributed by atoms with van der Waals surface area (Å²) >= 11 is 0. The summed E-state index contributed by atoms with van der Waals surface area (Å²) < 4.78 is 4.82. The molecule has 1 aliphatic heterocycles. The fourth-order valence-electron chi connectivity index (χ4n) is 1.39. The van der Waals surface area contributed by atoms with Gasteiger partial charge in [0.25, 0.3) is 0 Å². The van der Waals surface area contributed by atoms with Crippen LogP contribution in [-0.2, 0) is 14.3 Å². The number of nitrogens with two attached hydrogens (primary N) is 1. The van der Waals surface area contributed by atoms with Crippen LogP contribution in [-0.4, -0.2) is 31.1 Å². The second-order valence-corrected chi connectivity index (χ2v) is 3.05. The van der Waals surface area contributed by atoms with Crippen LogP contribution in [0.5, 0.6) is 0 Å². The highest BCUT2D eigenvalue weighted by atomic mass is 16.5. The van der Waals surface area contributed by atoms with E-state index in [-0.39, 0.29) is 17.9 Å². The SMILES string of the molecule is CCOC(=O)[C@H]1CN[C@H](C(N)=O)C1. The van der Waals surface area contributed by atoms with E-state index in [1.807, 2.05) is 0 Å². The van der Waals surface area contributed by atoms with Crippen molar-refractivity contribution in [3.8, 4) is 0 Å². The van der Waals surface area contributed by atoms with Crippen molar-refractivity contribution in [1.29, 1.82) is 0 Å². The van der Waals surface area contributed by atoms with Crippen molar-refractivity contribution < 1.29 is 14.3 Å². The molecule has 2 atom stereocenters. The predicted octanol–water partition coefficient (Wildman–Crippen LogP) is -0.987. The highest BCUT2D eigenvalue weighted by molar-refractivity contribution is 5.82. The number of carbonyl (C=O) groups is 2. The van der Waals surface area contributed by atoms with Gasteiger partial charge in [-0.05, 0) is 13.3 Å². The molecular formula is C8H14N2O3. The number of primary amides is 1. The average Bonchev–Trinajstić information content (AvgIpc) is 2.52. The number of nitrogens with one attached hydrogen (secondary N) is 1. The second-order valence-electron chi connectivity index (χ2n) is 3.05. The van der Waals surface area contributed by atoms with E-state index in [9.17, 15) is 9.59 Å². The van der Waals surface area contributed by atoms with Crippen LogP contribution in [0.2, 0.25) is 0 Å². The summed E-state index contributed by atoms with van der Waals surface area (Å²) in [4.78, 5) is 21.9. The lowest BCUT2D eigenvalue weighted by Gasteiger charge is -2.06. The minimum absolute atomic E-state index is 0.225. The first-order valence-corrected chi connectivity index (χ1v) is 4.34. The van der Waals surface area contributed by atoms with Gasteiger partial charge in [-0.25, -0.2) is 0 Å². The van der Waals surface area contributed by atoms with Crippen molar-refractivity contribution in [1.82, 2.24) is 5.32 Å². The molecule has 1 amide bonds.